The van der Waals surface area contributed by atoms with E-state index in [0.29, 0.717) is 16.9 Å². The van der Waals surface area contributed by atoms with Gasteiger partial charge in [0, 0.05) is 24.3 Å². The molecule has 2 aromatic carbocycles. The zero-order valence-corrected chi connectivity index (χ0v) is 18.7. The lowest BCUT2D eigenvalue weighted by atomic mass is 9.99. The van der Waals surface area contributed by atoms with Crippen molar-refractivity contribution in [1.29, 1.82) is 0 Å². The van der Waals surface area contributed by atoms with Crippen molar-refractivity contribution in [1.82, 2.24) is 0 Å². The van der Waals surface area contributed by atoms with Gasteiger partial charge in [-0.2, -0.15) is 0 Å². The lowest BCUT2D eigenvalue weighted by Gasteiger charge is -2.39. The van der Waals surface area contributed by atoms with Crippen LogP contribution in [0.1, 0.15) is 0 Å². The standard InChI is InChI=1S/C23H24O12/c1-31-10-5-14(32-2)11-7-16(34-23-21(30)20(29)19(28)17(8-24)35-23)22(33-15(11)6-10)9-3-12(25)18(27)13(26)4-9/h3-7,17,19-21,23-24,28-30H,8H2,1-2H3,(H2-,25,26,27)/p+1/t17-,19+,20+,21-,23-/m1/s1. The summed E-state index contributed by atoms with van der Waals surface area (Å²) in [7, 11) is 2.88. The second kappa shape index (κ2) is 9.60. The Balaban J connectivity index is 1.89. The minimum Gasteiger partial charge on any atom is -0.504 e. The molecule has 35 heavy (non-hydrogen) atoms. The van der Waals surface area contributed by atoms with Gasteiger partial charge in [-0.15, -0.1) is 0 Å². The zero-order valence-electron chi connectivity index (χ0n) is 18.7. The normalized spacial score (nSPS) is 24.3. The third-order valence-electron chi connectivity index (χ3n) is 5.67. The molecular weight excluding hydrogens is 468 g/mol. The number of hydrogen-bond donors (Lipinski definition) is 7. The van der Waals surface area contributed by atoms with Crippen LogP contribution in [0.4, 0.5) is 0 Å². The quantitative estimate of drug-likeness (QED) is 0.188. The van der Waals surface area contributed by atoms with Crippen molar-refractivity contribution < 1.29 is 59.1 Å². The molecular formula is C23H25O12+. The molecule has 2 heterocycles. The number of aliphatic hydroxyl groups excluding tert-OH is 4. The van der Waals surface area contributed by atoms with Gasteiger partial charge >= 0.3 is 11.3 Å². The van der Waals surface area contributed by atoms with E-state index in [1.165, 1.54) is 20.3 Å². The average Bonchev–Trinajstić information content (AvgIpc) is 2.86. The SMILES string of the molecule is COc1cc(OC)c2cc(O[C@@H]3O[C@H](CO)[C@H](O)[C@H](O)[C@H]3O)c(-c3cc(O)c(O)c(O)c3)[o+]c2c1. The van der Waals surface area contributed by atoms with E-state index in [-0.39, 0.29) is 22.7 Å². The van der Waals surface area contributed by atoms with Gasteiger partial charge in [0.2, 0.25) is 12.0 Å². The van der Waals surface area contributed by atoms with Crippen LogP contribution in [0.5, 0.6) is 34.5 Å². The summed E-state index contributed by atoms with van der Waals surface area (Å²) < 4.78 is 27.9. The predicted molar refractivity (Wildman–Crippen MR) is 119 cm³/mol. The Kier molecular flexibility index (Phi) is 6.74. The summed E-state index contributed by atoms with van der Waals surface area (Å²) in [5, 5.41) is 70.2. The molecule has 0 saturated carbocycles. The second-order valence-corrected chi connectivity index (χ2v) is 7.86. The summed E-state index contributed by atoms with van der Waals surface area (Å²) in [5.74, 6) is -1.44. The zero-order chi connectivity index (χ0) is 25.4. The number of fused-ring (bicyclic) bond motifs is 1. The van der Waals surface area contributed by atoms with Crippen molar-refractivity contribution in [3.8, 4) is 45.8 Å². The van der Waals surface area contributed by atoms with E-state index >= 15 is 0 Å². The average molecular weight is 493 g/mol. The van der Waals surface area contributed by atoms with Crippen molar-refractivity contribution >= 4 is 11.0 Å². The smallest absolute Gasteiger partial charge is 0.402 e. The minimum absolute atomic E-state index is 0.0704. The van der Waals surface area contributed by atoms with E-state index < -0.39 is 54.6 Å². The third kappa shape index (κ3) is 4.45. The molecule has 1 aliphatic heterocycles. The van der Waals surface area contributed by atoms with Crippen LogP contribution in [0.15, 0.2) is 34.7 Å². The molecule has 5 atom stereocenters. The molecule has 4 rings (SSSR count). The molecule has 7 N–H and O–H groups in total. The molecule has 1 fully saturated rings. The van der Waals surface area contributed by atoms with Crippen molar-refractivity contribution in [3.63, 3.8) is 0 Å². The number of phenols is 3. The van der Waals surface area contributed by atoms with Crippen LogP contribution in [-0.2, 0) is 4.74 Å². The summed E-state index contributed by atoms with van der Waals surface area (Å²) in [4.78, 5) is 0. The Hall–Kier alpha value is -3.55. The molecule has 12 heteroatoms. The summed E-state index contributed by atoms with van der Waals surface area (Å²) in [5.41, 5.74) is 0.325. The van der Waals surface area contributed by atoms with E-state index in [1.807, 2.05) is 0 Å². The molecule has 0 spiro atoms. The molecule has 3 aromatic rings. The van der Waals surface area contributed by atoms with Crippen LogP contribution < -0.4 is 14.2 Å². The third-order valence-corrected chi connectivity index (χ3v) is 5.67. The van der Waals surface area contributed by atoms with Gasteiger partial charge in [0.05, 0.1) is 32.5 Å². The molecule has 0 aliphatic carbocycles. The highest BCUT2D eigenvalue weighted by Gasteiger charge is 2.45. The number of aliphatic hydroxyl groups is 4. The van der Waals surface area contributed by atoms with Crippen LogP contribution in [0.2, 0.25) is 0 Å². The Morgan fingerprint density at radius 3 is 2.14 bits per heavy atom. The van der Waals surface area contributed by atoms with Crippen LogP contribution in [-0.4, -0.2) is 87.3 Å². The van der Waals surface area contributed by atoms with Crippen molar-refractivity contribution in [2.45, 2.75) is 30.7 Å². The van der Waals surface area contributed by atoms with Gasteiger partial charge in [0.1, 0.15) is 41.3 Å². The first-order valence-corrected chi connectivity index (χ1v) is 10.4. The number of phenolic OH excluding ortho intramolecular Hbond substituents is 3. The maximum atomic E-state index is 10.4. The van der Waals surface area contributed by atoms with Crippen molar-refractivity contribution in [2.24, 2.45) is 0 Å². The number of rotatable bonds is 6. The maximum absolute atomic E-state index is 10.4. The molecule has 1 saturated heterocycles. The fourth-order valence-electron chi connectivity index (χ4n) is 3.76. The monoisotopic (exact) mass is 493 g/mol. The minimum atomic E-state index is -1.71. The lowest BCUT2D eigenvalue weighted by Crippen LogP contribution is -2.60. The molecule has 0 unspecified atom stereocenters. The molecule has 12 nitrogen and oxygen atoms in total. The first kappa shape index (κ1) is 24.6. The first-order chi connectivity index (χ1) is 16.7. The fourth-order valence-corrected chi connectivity index (χ4v) is 3.76. The maximum Gasteiger partial charge on any atom is 0.402 e. The molecule has 188 valence electrons. The molecule has 0 radical (unpaired) electrons. The molecule has 1 aromatic heterocycles. The van der Waals surface area contributed by atoms with Crippen LogP contribution in [0, 0.1) is 0 Å². The molecule has 1 aliphatic rings. The highest BCUT2D eigenvalue weighted by molar-refractivity contribution is 5.89. The fraction of sp³-hybridized carbons (Fsp3) is 0.348. The van der Waals surface area contributed by atoms with E-state index in [4.69, 9.17) is 23.4 Å². The number of aromatic hydroxyl groups is 3. The Labute approximate surface area is 198 Å². The van der Waals surface area contributed by atoms with Crippen molar-refractivity contribution in [3.05, 3.63) is 30.3 Å². The number of hydrogen-bond acceptors (Lipinski definition) is 11. The largest absolute Gasteiger partial charge is 0.504 e. The van der Waals surface area contributed by atoms with Crippen molar-refractivity contribution in [2.75, 3.05) is 20.8 Å². The topological polar surface area (TPSA) is 190 Å². The number of benzene rings is 2. The van der Waals surface area contributed by atoms with Gasteiger partial charge in [-0.3, -0.25) is 0 Å². The van der Waals surface area contributed by atoms with Crippen LogP contribution in [0.25, 0.3) is 22.3 Å². The van der Waals surface area contributed by atoms with Crippen LogP contribution >= 0.6 is 0 Å². The molecule has 0 bridgehead atoms. The van der Waals surface area contributed by atoms with Gasteiger partial charge < -0.3 is 54.7 Å². The summed E-state index contributed by atoms with van der Waals surface area (Å²) in [6.45, 7) is -0.660. The summed E-state index contributed by atoms with van der Waals surface area (Å²) >= 11 is 0. The van der Waals surface area contributed by atoms with Gasteiger partial charge in [-0.1, -0.05) is 0 Å². The lowest BCUT2D eigenvalue weighted by molar-refractivity contribution is -0.277. The first-order valence-electron chi connectivity index (χ1n) is 10.4. The van der Waals surface area contributed by atoms with Crippen LogP contribution in [0.3, 0.4) is 0 Å². The van der Waals surface area contributed by atoms with E-state index in [1.54, 1.807) is 12.1 Å². The van der Waals surface area contributed by atoms with Gasteiger partial charge in [-0.05, 0) is 0 Å². The van der Waals surface area contributed by atoms with E-state index in [9.17, 15) is 35.7 Å². The highest BCUT2D eigenvalue weighted by Crippen LogP contribution is 2.45. The van der Waals surface area contributed by atoms with E-state index in [0.717, 1.165) is 12.1 Å². The Bertz CT molecular complexity index is 1200. The summed E-state index contributed by atoms with van der Waals surface area (Å²) in [6.07, 6.45) is -7.77. The van der Waals surface area contributed by atoms with E-state index in [2.05, 4.69) is 0 Å². The van der Waals surface area contributed by atoms with Gasteiger partial charge in [-0.25, -0.2) is 4.42 Å². The van der Waals surface area contributed by atoms with Gasteiger partial charge in [0.25, 0.3) is 0 Å². The second-order valence-electron chi connectivity index (χ2n) is 7.86. The Morgan fingerprint density at radius 1 is 0.857 bits per heavy atom. The van der Waals surface area contributed by atoms with Gasteiger partial charge in [0.15, 0.2) is 17.2 Å². The summed E-state index contributed by atoms with van der Waals surface area (Å²) in [6, 6.07) is 6.83. The highest BCUT2D eigenvalue weighted by atomic mass is 16.7. The Morgan fingerprint density at radius 2 is 1.54 bits per heavy atom. The predicted octanol–water partition coefficient (Wildman–Crippen LogP) is 0.694. The number of ether oxygens (including phenoxy) is 4. The number of methoxy groups -OCH3 is 2. The molecule has 0 amide bonds.